The molecule has 1 heterocycles. The maximum atomic E-state index is 4.13. The largest absolute Gasteiger partial charge is 0.388 e. The van der Waals surface area contributed by atoms with Gasteiger partial charge >= 0.3 is 0 Å². The van der Waals surface area contributed by atoms with Gasteiger partial charge in [0.15, 0.2) is 0 Å². The predicted octanol–water partition coefficient (Wildman–Crippen LogP) is 3.08. The van der Waals surface area contributed by atoms with Crippen molar-refractivity contribution in [3.8, 4) is 0 Å². The van der Waals surface area contributed by atoms with Crippen LogP contribution in [0.15, 0.2) is 12.3 Å². The van der Waals surface area contributed by atoms with Crippen LogP contribution in [0, 0.1) is 5.41 Å². The molecule has 1 heteroatoms. The van der Waals surface area contributed by atoms with Crippen LogP contribution in [0.25, 0.3) is 0 Å². The van der Waals surface area contributed by atoms with Gasteiger partial charge in [0.2, 0.25) is 0 Å². The van der Waals surface area contributed by atoms with Gasteiger partial charge in [-0.3, -0.25) is 0 Å². The van der Waals surface area contributed by atoms with Crippen LogP contribution in [-0.4, -0.2) is 6.54 Å². The van der Waals surface area contributed by atoms with Gasteiger partial charge in [0, 0.05) is 17.7 Å². The van der Waals surface area contributed by atoms with E-state index in [1.165, 1.54) is 37.8 Å². The van der Waals surface area contributed by atoms with Crippen molar-refractivity contribution in [1.82, 2.24) is 5.32 Å². The van der Waals surface area contributed by atoms with Crippen LogP contribution >= 0.6 is 0 Å². The lowest BCUT2D eigenvalue weighted by molar-refractivity contribution is 0.307. The zero-order chi connectivity index (χ0) is 9.03. The fourth-order valence-electron chi connectivity index (χ4n) is 2.42. The number of hydrogen-bond donors (Lipinski definition) is 1. The molecule has 1 nitrogen and oxygen atoms in total. The summed E-state index contributed by atoms with van der Waals surface area (Å²) < 4.78 is 0. The maximum Gasteiger partial charge on any atom is 0.0153 e. The van der Waals surface area contributed by atoms with E-state index in [0.717, 1.165) is 6.54 Å². The molecule has 1 aliphatic rings. The molecular formula is C11H21N. The quantitative estimate of drug-likeness (QED) is 0.678. The first kappa shape index (κ1) is 9.63. The minimum absolute atomic E-state index is 0.448. The molecule has 0 spiro atoms. The van der Waals surface area contributed by atoms with E-state index < -0.39 is 0 Å². The van der Waals surface area contributed by atoms with Crippen LogP contribution in [0.4, 0.5) is 0 Å². The van der Waals surface area contributed by atoms with E-state index >= 15 is 0 Å². The van der Waals surface area contributed by atoms with Crippen molar-refractivity contribution < 1.29 is 0 Å². The molecular weight excluding hydrogens is 146 g/mol. The first-order valence-electron chi connectivity index (χ1n) is 5.18. The normalized spacial score (nSPS) is 21.0. The summed E-state index contributed by atoms with van der Waals surface area (Å²) in [7, 11) is 0. The molecule has 1 fully saturated rings. The lowest BCUT2D eigenvalue weighted by Gasteiger charge is -2.28. The summed E-state index contributed by atoms with van der Waals surface area (Å²) in [5.74, 6) is 0. The number of nitrogens with one attached hydrogen (secondary N) is 1. The fraction of sp³-hybridized carbons (Fsp3) is 0.818. The lowest BCUT2D eigenvalue weighted by Crippen LogP contribution is -2.20. The summed E-state index contributed by atoms with van der Waals surface area (Å²) in [4.78, 5) is 0. The first-order valence-corrected chi connectivity index (χ1v) is 5.18. The van der Waals surface area contributed by atoms with Crippen molar-refractivity contribution in [2.45, 2.75) is 46.0 Å². The summed E-state index contributed by atoms with van der Waals surface area (Å²) in [5.41, 5.74) is 1.75. The SMILES string of the molecule is C=C1NCCC1(CCC)CCC. The Morgan fingerprint density at radius 2 is 1.92 bits per heavy atom. The third-order valence-corrected chi connectivity index (χ3v) is 3.04. The number of hydrogen-bond acceptors (Lipinski definition) is 1. The van der Waals surface area contributed by atoms with Crippen molar-refractivity contribution in [3.63, 3.8) is 0 Å². The van der Waals surface area contributed by atoms with Crippen LogP contribution < -0.4 is 5.32 Å². The van der Waals surface area contributed by atoms with E-state index in [1.54, 1.807) is 0 Å². The molecule has 0 radical (unpaired) electrons. The Labute approximate surface area is 76.2 Å². The van der Waals surface area contributed by atoms with E-state index in [1.807, 2.05) is 0 Å². The monoisotopic (exact) mass is 167 g/mol. The Hall–Kier alpha value is -0.460. The molecule has 0 amide bonds. The molecule has 70 valence electrons. The summed E-state index contributed by atoms with van der Waals surface area (Å²) in [6, 6.07) is 0. The van der Waals surface area contributed by atoms with Crippen molar-refractivity contribution in [2.24, 2.45) is 5.41 Å². The van der Waals surface area contributed by atoms with Crippen LogP contribution in [-0.2, 0) is 0 Å². The second-order valence-corrected chi connectivity index (χ2v) is 3.94. The molecule has 0 bridgehead atoms. The van der Waals surface area contributed by atoms with Crippen LogP contribution in [0.3, 0.4) is 0 Å². The highest BCUT2D eigenvalue weighted by Gasteiger charge is 2.35. The first-order chi connectivity index (χ1) is 5.75. The van der Waals surface area contributed by atoms with Crippen LogP contribution in [0.2, 0.25) is 0 Å². The standard InChI is InChI=1S/C11H21N/c1-4-6-11(7-5-2)8-9-12-10(11)3/h12H,3-9H2,1-2H3. The Kier molecular flexibility index (Phi) is 3.19. The van der Waals surface area contributed by atoms with Gasteiger partial charge in [-0.05, 0) is 19.3 Å². The van der Waals surface area contributed by atoms with Crippen molar-refractivity contribution >= 4 is 0 Å². The number of allylic oxidation sites excluding steroid dienone is 1. The summed E-state index contributed by atoms with van der Waals surface area (Å²) in [5, 5.41) is 3.39. The molecule has 1 saturated heterocycles. The van der Waals surface area contributed by atoms with Crippen molar-refractivity contribution in [2.75, 3.05) is 6.54 Å². The summed E-state index contributed by atoms with van der Waals surface area (Å²) in [6.07, 6.45) is 6.48. The summed E-state index contributed by atoms with van der Waals surface area (Å²) >= 11 is 0. The molecule has 1 aliphatic heterocycles. The molecule has 0 aliphatic carbocycles. The number of rotatable bonds is 4. The highest BCUT2D eigenvalue weighted by Crippen LogP contribution is 2.42. The van der Waals surface area contributed by atoms with Crippen LogP contribution in [0.5, 0.6) is 0 Å². The van der Waals surface area contributed by atoms with Gasteiger partial charge in [0.25, 0.3) is 0 Å². The zero-order valence-electron chi connectivity index (χ0n) is 8.45. The molecule has 12 heavy (non-hydrogen) atoms. The minimum atomic E-state index is 0.448. The zero-order valence-corrected chi connectivity index (χ0v) is 8.45. The third-order valence-electron chi connectivity index (χ3n) is 3.04. The molecule has 0 saturated carbocycles. The molecule has 0 aromatic rings. The highest BCUT2D eigenvalue weighted by atomic mass is 14.9. The highest BCUT2D eigenvalue weighted by molar-refractivity contribution is 5.13. The van der Waals surface area contributed by atoms with Crippen LogP contribution in [0.1, 0.15) is 46.0 Å². The molecule has 0 aromatic heterocycles. The second-order valence-electron chi connectivity index (χ2n) is 3.94. The summed E-state index contributed by atoms with van der Waals surface area (Å²) in [6.45, 7) is 9.81. The van der Waals surface area contributed by atoms with Crippen molar-refractivity contribution in [3.05, 3.63) is 12.3 Å². The topological polar surface area (TPSA) is 12.0 Å². The average Bonchev–Trinajstić information content (AvgIpc) is 2.35. The fourth-order valence-corrected chi connectivity index (χ4v) is 2.42. The third kappa shape index (κ3) is 1.65. The average molecular weight is 167 g/mol. The van der Waals surface area contributed by atoms with Gasteiger partial charge in [-0.15, -0.1) is 0 Å². The van der Waals surface area contributed by atoms with Gasteiger partial charge in [-0.25, -0.2) is 0 Å². The molecule has 0 aromatic carbocycles. The van der Waals surface area contributed by atoms with E-state index in [2.05, 4.69) is 25.7 Å². The Balaban J connectivity index is 2.63. The second kappa shape index (κ2) is 3.97. The van der Waals surface area contributed by atoms with Gasteiger partial charge in [0.05, 0.1) is 0 Å². The predicted molar refractivity (Wildman–Crippen MR) is 54.0 cm³/mol. The molecule has 0 atom stereocenters. The maximum absolute atomic E-state index is 4.13. The van der Waals surface area contributed by atoms with Gasteiger partial charge < -0.3 is 5.32 Å². The lowest BCUT2D eigenvalue weighted by atomic mass is 9.76. The van der Waals surface area contributed by atoms with E-state index in [0.29, 0.717) is 5.41 Å². The molecule has 1 rings (SSSR count). The van der Waals surface area contributed by atoms with Gasteiger partial charge in [-0.2, -0.15) is 0 Å². The van der Waals surface area contributed by atoms with Gasteiger partial charge in [-0.1, -0.05) is 33.3 Å². The smallest absolute Gasteiger partial charge is 0.0153 e. The molecule has 0 unspecified atom stereocenters. The Bertz CT molecular complexity index is 154. The minimum Gasteiger partial charge on any atom is -0.388 e. The Morgan fingerprint density at radius 1 is 1.33 bits per heavy atom. The van der Waals surface area contributed by atoms with E-state index in [9.17, 15) is 0 Å². The van der Waals surface area contributed by atoms with Crippen molar-refractivity contribution in [1.29, 1.82) is 0 Å². The van der Waals surface area contributed by atoms with E-state index in [-0.39, 0.29) is 0 Å². The van der Waals surface area contributed by atoms with Gasteiger partial charge in [0.1, 0.15) is 0 Å². The Morgan fingerprint density at radius 3 is 2.25 bits per heavy atom. The molecule has 1 N–H and O–H groups in total. The van der Waals surface area contributed by atoms with E-state index in [4.69, 9.17) is 0 Å².